The van der Waals surface area contributed by atoms with Gasteiger partial charge in [0.25, 0.3) is 0 Å². The van der Waals surface area contributed by atoms with Gasteiger partial charge in [-0.3, -0.25) is 4.79 Å². The lowest BCUT2D eigenvalue weighted by Crippen LogP contribution is -2.27. The number of nitrogens with one attached hydrogen (secondary N) is 1. The van der Waals surface area contributed by atoms with Crippen LogP contribution >= 0.6 is 11.3 Å². The van der Waals surface area contributed by atoms with Crippen LogP contribution < -0.4 is 14.8 Å². The topological polar surface area (TPSA) is 60.5 Å². The van der Waals surface area contributed by atoms with Gasteiger partial charge in [0.2, 0.25) is 5.91 Å². The summed E-state index contributed by atoms with van der Waals surface area (Å²) in [6.07, 6.45) is 2.46. The third kappa shape index (κ3) is 2.92. The monoisotopic (exact) mass is 318 g/mol. The average Bonchev–Trinajstić information content (AvgIpc) is 3.02. The summed E-state index contributed by atoms with van der Waals surface area (Å²) in [4.78, 5) is 18.1. The lowest BCUT2D eigenvalue weighted by Gasteiger charge is -2.21. The number of thiazole rings is 1. The molecule has 1 N–H and O–H groups in total. The van der Waals surface area contributed by atoms with Crippen LogP contribution in [0.5, 0.6) is 11.5 Å². The Hall–Kier alpha value is -2.08. The van der Waals surface area contributed by atoms with Crippen LogP contribution in [0.15, 0.2) is 23.7 Å². The van der Waals surface area contributed by atoms with Crippen LogP contribution in [0.25, 0.3) is 0 Å². The highest BCUT2D eigenvalue weighted by Crippen LogP contribution is 2.32. The maximum atomic E-state index is 12.5. The van der Waals surface area contributed by atoms with E-state index in [2.05, 4.69) is 10.3 Å². The second-order valence-corrected chi connectivity index (χ2v) is 6.16. The van der Waals surface area contributed by atoms with Gasteiger partial charge in [0.05, 0.1) is 31.1 Å². The van der Waals surface area contributed by atoms with Crippen molar-refractivity contribution >= 4 is 22.9 Å². The molecule has 1 aliphatic carbocycles. The summed E-state index contributed by atoms with van der Waals surface area (Å²) in [7, 11) is 3.18. The SMILES string of the molecule is COc1ccc(OC)c(NC(=O)C2CCc3ncsc3C2)c1. The summed E-state index contributed by atoms with van der Waals surface area (Å²) in [5.41, 5.74) is 3.64. The zero-order valence-corrected chi connectivity index (χ0v) is 13.4. The molecule has 1 aromatic carbocycles. The molecular weight excluding hydrogens is 300 g/mol. The second-order valence-electron chi connectivity index (χ2n) is 5.22. The molecule has 0 aliphatic heterocycles. The lowest BCUT2D eigenvalue weighted by atomic mass is 9.90. The number of amides is 1. The quantitative estimate of drug-likeness (QED) is 0.941. The van der Waals surface area contributed by atoms with Crippen LogP contribution in [0.4, 0.5) is 5.69 Å². The molecule has 0 saturated carbocycles. The second kappa shape index (κ2) is 6.36. The minimum absolute atomic E-state index is 0.0191. The van der Waals surface area contributed by atoms with E-state index in [1.165, 1.54) is 4.88 Å². The van der Waals surface area contributed by atoms with Gasteiger partial charge in [-0.15, -0.1) is 11.3 Å². The molecule has 2 aromatic rings. The Morgan fingerprint density at radius 1 is 1.36 bits per heavy atom. The number of ether oxygens (including phenoxy) is 2. The van der Waals surface area contributed by atoms with E-state index in [1.54, 1.807) is 43.8 Å². The van der Waals surface area contributed by atoms with E-state index in [0.717, 1.165) is 25.0 Å². The molecule has 5 nitrogen and oxygen atoms in total. The van der Waals surface area contributed by atoms with Crippen LogP contribution in [0, 0.1) is 5.92 Å². The van der Waals surface area contributed by atoms with Gasteiger partial charge in [-0.05, 0) is 31.4 Å². The van der Waals surface area contributed by atoms with Crippen LogP contribution in [-0.4, -0.2) is 25.1 Å². The molecule has 6 heteroatoms. The van der Waals surface area contributed by atoms with Gasteiger partial charge < -0.3 is 14.8 Å². The number of nitrogens with zero attached hydrogens (tertiary/aromatic N) is 1. The number of hydrogen-bond acceptors (Lipinski definition) is 5. The van der Waals surface area contributed by atoms with Crippen LogP contribution in [0.2, 0.25) is 0 Å². The van der Waals surface area contributed by atoms with Crippen molar-refractivity contribution in [2.24, 2.45) is 5.92 Å². The minimum atomic E-state index is -0.0242. The third-order valence-electron chi connectivity index (χ3n) is 3.92. The fraction of sp³-hybridized carbons (Fsp3) is 0.375. The molecule has 0 spiro atoms. The summed E-state index contributed by atoms with van der Waals surface area (Å²) >= 11 is 1.63. The Kier molecular flexibility index (Phi) is 4.29. The molecule has 22 heavy (non-hydrogen) atoms. The van der Waals surface area contributed by atoms with Crippen LogP contribution in [-0.2, 0) is 17.6 Å². The zero-order chi connectivity index (χ0) is 15.5. The Bertz CT molecular complexity index is 684. The maximum Gasteiger partial charge on any atom is 0.227 e. The number of carbonyl (C=O) groups is 1. The summed E-state index contributed by atoms with van der Waals surface area (Å²) in [5, 5.41) is 2.97. The van der Waals surface area contributed by atoms with Gasteiger partial charge in [0, 0.05) is 16.9 Å². The summed E-state index contributed by atoms with van der Waals surface area (Å²) in [6.45, 7) is 0. The van der Waals surface area contributed by atoms with Gasteiger partial charge in [-0.2, -0.15) is 0 Å². The van der Waals surface area contributed by atoms with Gasteiger partial charge in [-0.25, -0.2) is 4.98 Å². The first-order valence-electron chi connectivity index (χ1n) is 7.15. The molecule has 1 aromatic heterocycles. The predicted molar refractivity (Wildman–Crippen MR) is 85.8 cm³/mol. The normalized spacial score (nSPS) is 16.7. The van der Waals surface area contributed by atoms with Crippen molar-refractivity contribution in [2.45, 2.75) is 19.3 Å². The van der Waals surface area contributed by atoms with E-state index < -0.39 is 0 Å². The van der Waals surface area contributed by atoms with Crippen LogP contribution in [0.1, 0.15) is 17.0 Å². The standard InChI is InChI=1S/C16H18N2O3S/c1-20-11-4-6-14(21-2)13(8-11)18-16(19)10-3-5-12-15(7-10)22-9-17-12/h4,6,8-10H,3,5,7H2,1-2H3,(H,18,19). The van der Waals surface area contributed by atoms with E-state index >= 15 is 0 Å². The van der Waals surface area contributed by atoms with E-state index in [0.29, 0.717) is 17.2 Å². The highest BCUT2D eigenvalue weighted by atomic mass is 32.1. The van der Waals surface area contributed by atoms with E-state index in [1.807, 2.05) is 5.51 Å². The third-order valence-corrected chi connectivity index (χ3v) is 4.82. The fourth-order valence-electron chi connectivity index (χ4n) is 2.67. The first-order valence-corrected chi connectivity index (χ1v) is 8.03. The van der Waals surface area contributed by atoms with Crippen molar-refractivity contribution < 1.29 is 14.3 Å². The van der Waals surface area contributed by atoms with Crippen molar-refractivity contribution in [3.05, 3.63) is 34.3 Å². The molecule has 0 bridgehead atoms. The smallest absolute Gasteiger partial charge is 0.227 e. The maximum absolute atomic E-state index is 12.5. The number of hydrogen-bond donors (Lipinski definition) is 1. The first-order chi connectivity index (χ1) is 10.7. The Labute approximate surface area is 133 Å². The number of aromatic nitrogens is 1. The van der Waals surface area contributed by atoms with Gasteiger partial charge in [0.15, 0.2) is 0 Å². The summed E-state index contributed by atoms with van der Waals surface area (Å²) in [5.74, 6) is 1.31. The van der Waals surface area contributed by atoms with Crippen molar-refractivity contribution in [3.8, 4) is 11.5 Å². The van der Waals surface area contributed by atoms with Crippen molar-refractivity contribution in [1.82, 2.24) is 4.98 Å². The van der Waals surface area contributed by atoms with E-state index in [9.17, 15) is 4.79 Å². The van der Waals surface area contributed by atoms with E-state index in [-0.39, 0.29) is 11.8 Å². The number of benzene rings is 1. The van der Waals surface area contributed by atoms with Crippen LogP contribution in [0.3, 0.4) is 0 Å². The zero-order valence-electron chi connectivity index (χ0n) is 12.6. The lowest BCUT2D eigenvalue weighted by molar-refractivity contribution is -0.120. The molecule has 0 saturated heterocycles. The largest absolute Gasteiger partial charge is 0.497 e. The molecule has 0 fully saturated rings. The van der Waals surface area contributed by atoms with E-state index in [4.69, 9.17) is 9.47 Å². The molecule has 1 heterocycles. The minimum Gasteiger partial charge on any atom is -0.497 e. The Morgan fingerprint density at radius 3 is 3.00 bits per heavy atom. The van der Waals surface area contributed by atoms with Crippen molar-refractivity contribution in [1.29, 1.82) is 0 Å². The molecular formula is C16H18N2O3S. The van der Waals surface area contributed by atoms with Gasteiger partial charge in [-0.1, -0.05) is 0 Å². The Balaban J connectivity index is 1.74. The van der Waals surface area contributed by atoms with Crippen molar-refractivity contribution in [2.75, 3.05) is 19.5 Å². The summed E-state index contributed by atoms with van der Waals surface area (Å²) < 4.78 is 10.5. The highest BCUT2D eigenvalue weighted by Gasteiger charge is 2.27. The predicted octanol–water partition coefficient (Wildman–Crippen LogP) is 2.90. The molecule has 1 aliphatic rings. The highest BCUT2D eigenvalue weighted by molar-refractivity contribution is 7.09. The van der Waals surface area contributed by atoms with Crippen molar-refractivity contribution in [3.63, 3.8) is 0 Å². The number of rotatable bonds is 4. The number of aryl methyl sites for hydroxylation is 1. The van der Waals surface area contributed by atoms with Gasteiger partial charge in [0.1, 0.15) is 11.5 Å². The average molecular weight is 318 g/mol. The summed E-state index contributed by atoms with van der Waals surface area (Å²) in [6, 6.07) is 5.37. The van der Waals surface area contributed by atoms with Gasteiger partial charge >= 0.3 is 0 Å². The number of fused-ring (bicyclic) bond motifs is 1. The number of anilines is 1. The molecule has 3 rings (SSSR count). The molecule has 1 amide bonds. The first kappa shape index (κ1) is 14.8. The number of carbonyl (C=O) groups excluding carboxylic acids is 1. The molecule has 116 valence electrons. The fourth-order valence-corrected chi connectivity index (χ4v) is 3.57. The molecule has 0 radical (unpaired) electrons. The molecule has 1 unspecified atom stereocenters. The molecule has 1 atom stereocenters. The number of methoxy groups -OCH3 is 2. The Morgan fingerprint density at radius 2 is 2.23 bits per heavy atom.